The van der Waals surface area contributed by atoms with Gasteiger partial charge in [0, 0.05) is 18.2 Å². The summed E-state index contributed by atoms with van der Waals surface area (Å²) in [7, 11) is 3.16. The summed E-state index contributed by atoms with van der Waals surface area (Å²) in [5.41, 5.74) is -3.31. The SMILES string of the molecule is COc1ccc(C(c2ccccc2)(c2ccc(OC)cc2)[C@]2(n3cc(C)c(=O)[nH]c3=O)C[C@](C)(O)[C@@H](CO)O2)cc1. The molecule has 0 saturated carbocycles. The van der Waals surface area contributed by atoms with Crippen LogP contribution in [0.25, 0.3) is 0 Å². The molecule has 0 bridgehead atoms. The molecule has 41 heavy (non-hydrogen) atoms. The fraction of sp³-hybridized carbons (Fsp3) is 0.312. The first-order valence-electron chi connectivity index (χ1n) is 13.3. The molecule has 0 spiro atoms. The third-order valence-corrected chi connectivity index (χ3v) is 8.14. The fourth-order valence-electron chi connectivity index (χ4n) is 6.16. The number of ether oxygens (including phenoxy) is 3. The van der Waals surface area contributed by atoms with E-state index in [1.807, 2.05) is 78.9 Å². The molecular weight excluding hydrogens is 524 g/mol. The Kier molecular flexibility index (Phi) is 7.37. The molecular formula is C32H34N2O7. The number of rotatable bonds is 8. The van der Waals surface area contributed by atoms with Gasteiger partial charge in [0.2, 0.25) is 0 Å². The predicted molar refractivity (Wildman–Crippen MR) is 154 cm³/mol. The Balaban J connectivity index is 2.02. The Morgan fingerprint density at radius 2 is 1.44 bits per heavy atom. The van der Waals surface area contributed by atoms with E-state index in [-0.39, 0.29) is 12.0 Å². The summed E-state index contributed by atoms with van der Waals surface area (Å²) in [6.45, 7) is 2.68. The molecule has 5 rings (SSSR count). The second-order valence-electron chi connectivity index (χ2n) is 10.6. The highest BCUT2D eigenvalue weighted by atomic mass is 16.6. The minimum Gasteiger partial charge on any atom is -0.497 e. The molecule has 3 aromatic carbocycles. The van der Waals surface area contributed by atoms with Crippen molar-refractivity contribution in [1.29, 1.82) is 0 Å². The number of aromatic amines is 1. The van der Waals surface area contributed by atoms with E-state index in [4.69, 9.17) is 14.2 Å². The largest absolute Gasteiger partial charge is 0.497 e. The van der Waals surface area contributed by atoms with Crippen LogP contribution in [0, 0.1) is 6.92 Å². The maximum Gasteiger partial charge on any atom is 0.330 e. The van der Waals surface area contributed by atoms with Crippen LogP contribution in [-0.2, 0) is 15.9 Å². The van der Waals surface area contributed by atoms with Crippen LogP contribution < -0.4 is 20.7 Å². The topological polar surface area (TPSA) is 123 Å². The van der Waals surface area contributed by atoms with E-state index in [1.165, 1.54) is 10.8 Å². The van der Waals surface area contributed by atoms with Crippen molar-refractivity contribution in [2.75, 3.05) is 20.8 Å². The molecule has 9 heteroatoms. The average molecular weight is 559 g/mol. The highest BCUT2D eigenvalue weighted by Gasteiger charge is 2.66. The fourth-order valence-corrected chi connectivity index (χ4v) is 6.16. The minimum absolute atomic E-state index is 0.108. The van der Waals surface area contributed by atoms with Gasteiger partial charge in [0.15, 0.2) is 5.72 Å². The molecule has 1 aromatic heterocycles. The number of H-pyrrole nitrogens is 1. The van der Waals surface area contributed by atoms with Gasteiger partial charge in [0.25, 0.3) is 5.56 Å². The van der Waals surface area contributed by atoms with Gasteiger partial charge in [-0.2, -0.15) is 0 Å². The zero-order valence-corrected chi connectivity index (χ0v) is 23.5. The molecule has 4 aromatic rings. The minimum atomic E-state index is -1.68. The van der Waals surface area contributed by atoms with E-state index < -0.39 is 40.7 Å². The first-order chi connectivity index (χ1) is 19.6. The van der Waals surface area contributed by atoms with Gasteiger partial charge in [-0.15, -0.1) is 0 Å². The van der Waals surface area contributed by atoms with Crippen LogP contribution in [-0.4, -0.2) is 52.3 Å². The number of aromatic nitrogens is 2. The molecule has 9 nitrogen and oxygen atoms in total. The molecule has 1 aliphatic heterocycles. The van der Waals surface area contributed by atoms with Crippen molar-refractivity contribution in [3.05, 3.63) is 128 Å². The third kappa shape index (κ3) is 4.46. The van der Waals surface area contributed by atoms with Gasteiger partial charge in [-0.25, -0.2) is 4.79 Å². The lowest BCUT2D eigenvalue weighted by atomic mass is 9.60. The smallest absolute Gasteiger partial charge is 0.330 e. The highest BCUT2D eigenvalue weighted by molar-refractivity contribution is 5.55. The first-order valence-corrected chi connectivity index (χ1v) is 13.3. The number of aryl methyl sites for hydroxylation is 1. The van der Waals surface area contributed by atoms with Crippen molar-refractivity contribution >= 4 is 0 Å². The van der Waals surface area contributed by atoms with Crippen molar-refractivity contribution in [3.63, 3.8) is 0 Å². The number of aliphatic hydroxyl groups is 2. The van der Waals surface area contributed by atoms with Gasteiger partial charge in [-0.05, 0) is 54.8 Å². The molecule has 2 heterocycles. The lowest BCUT2D eigenvalue weighted by Crippen LogP contribution is -2.59. The van der Waals surface area contributed by atoms with E-state index in [2.05, 4.69) is 4.98 Å². The molecule has 1 saturated heterocycles. The first kappa shape index (κ1) is 28.4. The van der Waals surface area contributed by atoms with E-state index in [9.17, 15) is 19.8 Å². The Bertz CT molecular complexity index is 1580. The lowest BCUT2D eigenvalue weighted by Gasteiger charge is -2.50. The van der Waals surface area contributed by atoms with Gasteiger partial charge in [0.05, 0.1) is 31.8 Å². The predicted octanol–water partition coefficient (Wildman–Crippen LogP) is 3.08. The number of hydrogen-bond donors (Lipinski definition) is 3. The van der Waals surface area contributed by atoms with Crippen LogP contribution in [0.15, 0.2) is 94.6 Å². The van der Waals surface area contributed by atoms with Gasteiger partial charge < -0.3 is 24.4 Å². The molecule has 3 N–H and O–H groups in total. The second-order valence-corrected chi connectivity index (χ2v) is 10.6. The lowest BCUT2D eigenvalue weighted by molar-refractivity contribution is -0.152. The molecule has 0 aliphatic carbocycles. The standard InChI is InChI=1S/C32H34N2O7/c1-21-18-34(29(37)33-28(21)36)31(20-30(2,38)27(19-35)41-31)32(22-8-6-5-7-9-22,23-10-14-25(39-3)15-11-23)24-12-16-26(40-4)17-13-24/h5-18,27,35,38H,19-20H2,1-4H3,(H,33,36,37)/t27-,30+,31+/m1/s1. The summed E-state index contributed by atoms with van der Waals surface area (Å²) in [5.74, 6) is 1.26. The maximum absolute atomic E-state index is 13.8. The van der Waals surface area contributed by atoms with Crippen LogP contribution in [0.1, 0.15) is 35.6 Å². The van der Waals surface area contributed by atoms with Crippen molar-refractivity contribution in [2.45, 2.75) is 43.1 Å². The summed E-state index contributed by atoms with van der Waals surface area (Å²) in [6.07, 6.45) is 0.298. The van der Waals surface area contributed by atoms with Gasteiger partial charge in [-0.3, -0.25) is 14.3 Å². The zero-order valence-electron chi connectivity index (χ0n) is 23.5. The van der Waals surface area contributed by atoms with Crippen LogP contribution in [0.3, 0.4) is 0 Å². The van der Waals surface area contributed by atoms with Crippen LogP contribution in [0.2, 0.25) is 0 Å². The normalized spacial score (nSPS) is 22.4. The number of aliphatic hydroxyl groups excluding tert-OH is 1. The van der Waals surface area contributed by atoms with Crippen molar-refractivity contribution in [3.8, 4) is 11.5 Å². The van der Waals surface area contributed by atoms with Gasteiger partial charge in [-0.1, -0.05) is 54.6 Å². The molecule has 0 radical (unpaired) electrons. The molecule has 1 fully saturated rings. The Hall–Kier alpha value is -4.18. The summed E-state index contributed by atoms with van der Waals surface area (Å²) < 4.78 is 19.1. The van der Waals surface area contributed by atoms with Crippen molar-refractivity contribution in [2.24, 2.45) is 0 Å². The Labute approximate surface area is 237 Å². The number of hydrogen-bond acceptors (Lipinski definition) is 7. The number of benzene rings is 3. The molecule has 0 amide bonds. The summed E-state index contributed by atoms with van der Waals surface area (Å²) in [6, 6.07) is 24.4. The quantitative estimate of drug-likeness (QED) is 0.284. The third-order valence-electron chi connectivity index (χ3n) is 8.14. The van der Waals surface area contributed by atoms with E-state index in [0.29, 0.717) is 11.5 Å². The van der Waals surface area contributed by atoms with Crippen LogP contribution in [0.5, 0.6) is 11.5 Å². The summed E-state index contributed by atoms with van der Waals surface area (Å²) in [4.78, 5) is 28.7. The molecule has 0 unspecified atom stereocenters. The van der Waals surface area contributed by atoms with Gasteiger partial charge in [0.1, 0.15) is 17.6 Å². The Morgan fingerprint density at radius 3 is 1.90 bits per heavy atom. The van der Waals surface area contributed by atoms with Crippen LogP contribution >= 0.6 is 0 Å². The number of methoxy groups -OCH3 is 2. The van der Waals surface area contributed by atoms with Gasteiger partial charge >= 0.3 is 5.69 Å². The highest BCUT2D eigenvalue weighted by Crippen LogP contribution is 2.58. The maximum atomic E-state index is 13.8. The molecule has 1 aliphatic rings. The zero-order chi connectivity index (χ0) is 29.4. The van der Waals surface area contributed by atoms with E-state index in [1.54, 1.807) is 28.1 Å². The van der Waals surface area contributed by atoms with Crippen LogP contribution in [0.4, 0.5) is 0 Å². The monoisotopic (exact) mass is 558 g/mol. The molecule has 214 valence electrons. The van der Waals surface area contributed by atoms with Crippen molar-refractivity contribution < 1.29 is 24.4 Å². The molecule has 3 atom stereocenters. The summed E-state index contributed by atoms with van der Waals surface area (Å²) in [5, 5.41) is 22.1. The number of nitrogens with zero attached hydrogens (tertiary/aromatic N) is 1. The second kappa shape index (κ2) is 10.7. The van der Waals surface area contributed by atoms with E-state index >= 15 is 0 Å². The average Bonchev–Trinajstić information content (AvgIpc) is 3.27. The van der Waals surface area contributed by atoms with E-state index in [0.717, 1.165) is 16.7 Å². The number of nitrogens with one attached hydrogen (secondary N) is 1. The Morgan fingerprint density at radius 1 is 0.927 bits per heavy atom. The summed E-state index contributed by atoms with van der Waals surface area (Å²) >= 11 is 0. The van der Waals surface area contributed by atoms with Crippen molar-refractivity contribution in [1.82, 2.24) is 9.55 Å².